The number of nitrogens with zero attached hydrogens (tertiary/aromatic N) is 1. The average molecular weight is 325 g/mol. The van der Waals surface area contributed by atoms with E-state index in [1.165, 1.54) is 30.5 Å². The summed E-state index contributed by atoms with van der Waals surface area (Å²) in [7, 11) is 0. The number of benzene rings is 1. The predicted octanol–water partition coefficient (Wildman–Crippen LogP) is 3.39. The van der Waals surface area contributed by atoms with Crippen LogP contribution < -0.4 is 11.1 Å². The molecule has 0 spiro atoms. The summed E-state index contributed by atoms with van der Waals surface area (Å²) in [5.74, 6) is -2.57. The Hall–Kier alpha value is -2.90. The Morgan fingerprint density at radius 3 is 2.39 bits per heavy atom. The van der Waals surface area contributed by atoms with Crippen molar-refractivity contribution < 1.29 is 22.4 Å². The summed E-state index contributed by atoms with van der Waals surface area (Å²) in [5, 5.41) is 2.62. The van der Waals surface area contributed by atoms with E-state index in [0.29, 0.717) is 6.08 Å². The second-order valence-corrected chi connectivity index (χ2v) is 4.49. The Morgan fingerprint density at radius 2 is 1.83 bits per heavy atom. The zero-order valence-electron chi connectivity index (χ0n) is 11.6. The number of anilines is 2. The van der Waals surface area contributed by atoms with Crippen LogP contribution in [0.3, 0.4) is 0 Å². The molecule has 0 aliphatic rings. The van der Waals surface area contributed by atoms with Crippen molar-refractivity contribution in [1.29, 1.82) is 0 Å². The maximum absolute atomic E-state index is 13.0. The molecule has 0 unspecified atom stereocenters. The Bertz CT molecular complexity index is 739. The van der Waals surface area contributed by atoms with E-state index in [-0.39, 0.29) is 22.8 Å². The molecule has 0 saturated heterocycles. The van der Waals surface area contributed by atoms with E-state index in [0.717, 1.165) is 12.1 Å². The van der Waals surface area contributed by atoms with Gasteiger partial charge in [0.15, 0.2) is 0 Å². The third-order valence-electron chi connectivity index (χ3n) is 2.82. The molecule has 0 saturated carbocycles. The van der Waals surface area contributed by atoms with Crippen molar-refractivity contribution in [3.8, 4) is 0 Å². The highest BCUT2D eigenvalue weighted by molar-refractivity contribution is 6.02. The highest BCUT2D eigenvalue weighted by atomic mass is 19.4. The molecule has 0 fully saturated rings. The maximum Gasteiger partial charge on any atom is 0.454 e. The number of halogens is 4. The first-order valence-corrected chi connectivity index (χ1v) is 6.33. The zero-order valence-corrected chi connectivity index (χ0v) is 11.6. The van der Waals surface area contributed by atoms with Gasteiger partial charge in [0.05, 0.1) is 5.69 Å². The molecule has 0 radical (unpaired) electrons. The van der Waals surface area contributed by atoms with E-state index in [4.69, 9.17) is 5.73 Å². The molecule has 4 nitrogen and oxygen atoms in total. The van der Waals surface area contributed by atoms with Crippen molar-refractivity contribution in [1.82, 2.24) is 4.98 Å². The van der Waals surface area contributed by atoms with Crippen LogP contribution in [0.25, 0.3) is 5.70 Å². The van der Waals surface area contributed by atoms with E-state index >= 15 is 0 Å². The third kappa shape index (κ3) is 4.29. The van der Waals surface area contributed by atoms with Crippen LogP contribution in [0.5, 0.6) is 0 Å². The van der Waals surface area contributed by atoms with Gasteiger partial charge in [-0.15, -0.1) is 0 Å². The van der Waals surface area contributed by atoms with Crippen molar-refractivity contribution in [3.63, 3.8) is 0 Å². The predicted molar refractivity (Wildman–Crippen MR) is 77.7 cm³/mol. The van der Waals surface area contributed by atoms with Gasteiger partial charge in [-0.2, -0.15) is 13.2 Å². The lowest BCUT2D eigenvalue weighted by Gasteiger charge is -2.13. The number of alkyl halides is 3. The number of allylic oxidation sites excluding steroid dienone is 1. The lowest BCUT2D eigenvalue weighted by molar-refractivity contribution is -0.165. The molecule has 0 bridgehead atoms. The SMILES string of the molecule is Nc1ncccc1N/C(=C/C(=O)C(F)(F)F)c1ccc(F)cc1. The summed E-state index contributed by atoms with van der Waals surface area (Å²) in [6, 6.07) is 7.62. The zero-order chi connectivity index (χ0) is 17.0. The van der Waals surface area contributed by atoms with Crippen molar-refractivity contribution in [2.24, 2.45) is 0 Å². The van der Waals surface area contributed by atoms with Gasteiger partial charge in [0.25, 0.3) is 5.78 Å². The highest BCUT2D eigenvalue weighted by Gasteiger charge is 2.37. The molecule has 0 aliphatic carbocycles. The summed E-state index contributed by atoms with van der Waals surface area (Å²) in [4.78, 5) is 15.0. The van der Waals surface area contributed by atoms with Crippen molar-refractivity contribution in [2.75, 3.05) is 11.1 Å². The van der Waals surface area contributed by atoms with E-state index in [1.807, 2.05) is 0 Å². The van der Waals surface area contributed by atoms with Crippen LogP contribution in [0.1, 0.15) is 5.56 Å². The maximum atomic E-state index is 13.0. The molecule has 3 N–H and O–H groups in total. The first kappa shape index (κ1) is 16.5. The Morgan fingerprint density at radius 1 is 1.17 bits per heavy atom. The number of carbonyl (C=O) groups excluding carboxylic acids is 1. The Balaban J connectivity index is 2.43. The van der Waals surface area contributed by atoms with Gasteiger partial charge < -0.3 is 11.1 Å². The van der Waals surface area contributed by atoms with E-state index in [2.05, 4.69) is 10.3 Å². The average Bonchev–Trinajstić information content (AvgIpc) is 2.48. The first-order valence-electron chi connectivity index (χ1n) is 6.33. The molecule has 0 atom stereocenters. The quantitative estimate of drug-likeness (QED) is 0.668. The number of aromatic nitrogens is 1. The normalized spacial score (nSPS) is 12.1. The number of ketones is 1. The van der Waals surface area contributed by atoms with Crippen LogP contribution in [0.2, 0.25) is 0 Å². The van der Waals surface area contributed by atoms with E-state index < -0.39 is 17.8 Å². The molecule has 0 amide bonds. The first-order chi connectivity index (χ1) is 10.8. The molecule has 2 aromatic rings. The summed E-state index contributed by atoms with van der Waals surface area (Å²) < 4.78 is 50.4. The molecule has 1 heterocycles. The molecule has 2 rings (SSSR count). The minimum atomic E-state index is -5.02. The largest absolute Gasteiger partial charge is 0.454 e. The smallest absolute Gasteiger partial charge is 0.382 e. The van der Waals surface area contributed by atoms with Crippen LogP contribution in [0.4, 0.5) is 29.1 Å². The third-order valence-corrected chi connectivity index (χ3v) is 2.82. The number of carbonyl (C=O) groups is 1. The summed E-state index contributed by atoms with van der Waals surface area (Å²) in [5.41, 5.74) is 5.85. The number of nitrogen functional groups attached to an aromatic ring is 1. The van der Waals surface area contributed by atoms with Gasteiger partial charge >= 0.3 is 6.18 Å². The fourth-order valence-corrected chi connectivity index (χ4v) is 1.70. The van der Waals surface area contributed by atoms with Crippen LogP contribution in [-0.2, 0) is 4.79 Å². The number of nitrogens with one attached hydrogen (secondary N) is 1. The number of hydrogen-bond donors (Lipinski definition) is 2. The second-order valence-electron chi connectivity index (χ2n) is 4.49. The highest BCUT2D eigenvalue weighted by Crippen LogP contribution is 2.25. The van der Waals surface area contributed by atoms with Crippen molar-refractivity contribution in [2.45, 2.75) is 6.18 Å². The molecule has 1 aromatic heterocycles. The second kappa shape index (κ2) is 6.47. The topological polar surface area (TPSA) is 68.0 Å². The van der Waals surface area contributed by atoms with E-state index in [9.17, 15) is 22.4 Å². The molecule has 23 heavy (non-hydrogen) atoms. The molecule has 1 aromatic carbocycles. The Kier molecular flexibility index (Phi) is 4.63. The van der Waals surface area contributed by atoms with Gasteiger partial charge in [-0.25, -0.2) is 9.37 Å². The number of hydrogen-bond acceptors (Lipinski definition) is 4. The van der Waals surface area contributed by atoms with Crippen molar-refractivity contribution in [3.05, 3.63) is 60.1 Å². The van der Waals surface area contributed by atoms with Crippen LogP contribution in [0, 0.1) is 5.82 Å². The molecule has 0 aliphatic heterocycles. The minimum Gasteiger partial charge on any atom is -0.382 e. The monoisotopic (exact) mass is 325 g/mol. The van der Waals surface area contributed by atoms with Crippen LogP contribution >= 0.6 is 0 Å². The fraction of sp³-hybridized carbons (Fsp3) is 0.0667. The van der Waals surface area contributed by atoms with Crippen LogP contribution in [0.15, 0.2) is 48.7 Å². The summed E-state index contributed by atoms with van der Waals surface area (Å²) in [6.07, 6.45) is -3.23. The van der Waals surface area contributed by atoms with Gasteiger partial charge in [0, 0.05) is 18.0 Å². The molecule has 8 heteroatoms. The van der Waals surface area contributed by atoms with Crippen LogP contribution in [-0.4, -0.2) is 16.9 Å². The van der Waals surface area contributed by atoms with Crippen molar-refractivity contribution >= 4 is 23.0 Å². The number of nitrogens with two attached hydrogens (primary N) is 1. The number of pyridine rings is 1. The standard InChI is InChI=1S/C15H11F4N3O/c16-10-5-3-9(4-6-10)12(8-13(23)15(17,18)19)22-11-2-1-7-21-14(11)20/h1-8,22H,(H2,20,21)/b12-8+. The number of rotatable bonds is 4. The van der Waals surface area contributed by atoms with Gasteiger partial charge in [-0.05, 0) is 42.0 Å². The lowest BCUT2D eigenvalue weighted by Crippen LogP contribution is -2.21. The molecular formula is C15H11F4N3O. The van der Waals surface area contributed by atoms with E-state index in [1.54, 1.807) is 0 Å². The van der Waals surface area contributed by atoms with Gasteiger partial charge in [-0.1, -0.05) is 0 Å². The van der Waals surface area contributed by atoms with Gasteiger partial charge in [0.1, 0.15) is 11.6 Å². The lowest BCUT2D eigenvalue weighted by atomic mass is 10.1. The summed E-state index contributed by atoms with van der Waals surface area (Å²) >= 11 is 0. The fourth-order valence-electron chi connectivity index (χ4n) is 1.70. The minimum absolute atomic E-state index is 0.0416. The molecular weight excluding hydrogens is 314 g/mol. The Labute approximate surface area is 128 Å². The van der Waals surface area contributed by atoms with Gasteiger partial charge in [0.2, 0.25) is 0 Å². The summed E-state index contributed by atoms with van der Waals surface area (Å²) in [6.45, 7) is 0. The molecule has 120 valence electrons. The van der Waals surface area contributed by atoms with Gasteiger partial charge in [-0.3, -0.25) is 4.79 Å².